The van der Waals surface area contributed by atoms with E-state index in [0.717, 1.165) is 30.5 Å². The normalized spacial score (nSPS) is 17.1. The number of carbonyl (C=O) groups is 20. The van der Waals surface area contributed by atoms with Crippen LogP contribution in [-0.2, 0) is 115 Å². The number of nitrogens with zero attached hydrogens (tertiary/aromatic N) is 1. The molecular formula is C87H125N17O29S. The van der Waals surface area contributed by atoms with E-state index >= 15 is 0 Å². The fraction of sp³-hybridized carbons (Fsp3) is 0.563. The van der Waals surface area contributed by atoms with Crippen molar-refractivity contribution >= 4 is 130 Å². The number of benzene rings is 3. The maximum atomic E-state index is 14.7. The zero-order valence-electron chi connectivity index (χ0n) is 75.7. The minimum Gasteiger partial charge on any atom is -0.508 e. The Morgan fingerprint density at radius 2 is 0.821 bits per heavy atom. The molecule has 1 saturated heterocycles. The Kier molecular flexibility index (Phi) is 45.1. The topological polar surface area (TPSA) is 733 Å². The Balaban J connectivity index is 1.28. The molecule has 134 heavy (non-hydrogen) atoms. The molecule has 0 bridgehead atoms. The van der Waals surface area contributed by atoms with Gasteiger partial charge in [0.05, 0.1) is 68.1 Å². The third kappa shape index (κ3) is 36.2. The number of fused-ring (bicyclic) bond motifs is 1. The maximum absolute atomic E-state index is 14.7. The van der Waals surface area contributed by atoms with Crippen molar-refractivity contribution in [2.75, 3.05) is 50.9 Å². The molecule has 2 aliphatic rings. The van der Waals surface area contributed by atoms with Crippen LogP contribution in [0.4, 0.5) is 0 Å². The fourth-order valence-corrected chi connectivity index (χ4v) is 15.0. The number of aliphatic hydroxyl groups is 4. The molecule has 47 heteroatoms. The van der Waals surface area contributed by atoms with Gasteiger partial charge >= 0.3 is 17.9 Å². The SMILES string of the molecule is CC[C@H](C)[C@H](NC(=O)[C@H](CO)NC(=O)[C@H](Cc1ccc(O)cc1)NC(=O)[C@H](CC(=O)O)NC(=O)[C@H](CO)NC(=O)[C@@H](NC(=O)[C@H](Cc1ccccc1)NC(=O)[C@@H](NC(=O)CNC(=O)[C@H](CCC(=O)O)NC(=O)CSCC(=O)NCCN1C(=O)[C@@H]2[C@H](C1=O)C2(C)C)[C@@H](C)O)[C@@H](C)O)C(=O)N[C@@H](Cc1ccc(O)cc1)C(=O)N[C@@H](CC(C)C)C(=O)N[C@@H](CC(=O)O)C(=O)N[C@H](C)CCCCN. The Morgan fingerprint density at radius 1 is 0.425 bits per heavy atom. The molecule has 1 aliphatic carbocycles. The van der Waals surface area contributed by atoms with Crippen LogP contribution in [0.25, 0.3) is 0 Å². The summed E-state index contributed by atoms with van der Waals surface area (Å²) in [7, 11) is 0. The van der Waals surface area contributed by atoms with Crippen molar-refractivity contribution in [3.05, 3.63) is 95.6 Å². The number of imide groups is 1. The van der Waals surface area contributed by atoms with Crippen LogP contribution in [-0.4, -0.2) is 311 Å². The van der Waals surface area contributed by atoms with E-state index in [2.05, 4.69) is 79.8 Å². The highest BCUT2D eigenvalue weighted by atomic mass is 32.2. The third-order valence-corrected chi connectivity index (χ3v) is 23.0. The molecule has 1 saturated carbocycles. The average molecular weight is 1910 g/mol. The maximum Gasteiger partial charge on any atom is 0.305 e. The molecule has 3 aromatic rings. The van der Waals surface area contributed by atoms with Gasteiger partial charge in [-0.05, 0) is 111 Å². The fourth-order valence-electron chi connectivity index (χ4n) is 14.4. The molecule has 1 aliphatic heterocycles. The Bertz CT molecular complexity index is 4600. The number of unbranched alkanes of at least 4 members (excludes halogenated alkanes) is 1. The molecule has 17 amide bonds. The van der Waals surface area contributed by atoms with Gasteiger partial charge in [0.25, 0.3) is 0 Å². The van der Waals surface area contributed by atoms with Gasteiger partial charge in [0.15, 0.2) is 0 Å². The smallest absolute Gasteiger partial charge is 0.305 e. The van der Waals surface area contributed by atoms with Crippen molar-refractivity contribution < 1.29 is 142 Å². The number of phenolic OH excluding ortho intramolecular Hbond substituents is 2. The van der Waals surface area contributed by atoms with Gasteiger partial charge in [-0.25, -0.2) is 0 Å². The van der Waals surface area contributed by atoms with Gasteiger partial charge in [-0.15, -0.1) is 11.8 Å². The summed E-state index contributed by atoms with van der Waals surface area (Å²) in [5.41, 5.74) is 6.06. The zero-order valence-corrected chi connectivity index (χ0v) is 76.6. The van der Waals surface area contributed by atoms with Crippen LogP contribution in [0, 0.1) is 29.1 Å². The van der Waals surface area contributed by atoms with Crippen LogP contribution in [0.2, 0.25) is 0 Å². The van der Waals surface area contributed by atoms with Crippen LogP contribution in [0.5, 0.6) is 11.5 Å². The number of nitrogens with one attached hydrogen (secondary N) is 15. The van der Waals surface area contributed by atoms with E-state index in [1.807, 2.05) is 13.8 Å². The summed E-state index contributed by atoms with van der Waals surface area (Å²) in [6, 6.07) is -4.40. The van der Waals surface area contributed by atoms with Crippen LogP contribution >= 0.6 is 11.8 Å². The predicted molar refractivity (Wildman–Crippen MR) is 476 cm³/mol. The number of aliphatic carboxylic acids is 3. The summed E-state index contributed by atoms with van der Waals surface area (Å²) in [6.45, 7) is 10.7. The molecule has 2 fully saturated rings. The number of hydrogen-bond donors (Lipinski definition) is 25. The highest BCUT2D eigenvalue weighted by Crippen LogP contribution is 2.63. The van der Waals surface area contributed by atoms with E-state index < -0.39 is 284 Å². The standard InChI is InChI=1S/C87H125N17O29S/c1-10-44(4)70(82(129)97-56(35-50-21-25-52(110)26-22-50)76(123)93-54(32-43(2)3)75(122)95-58(36-66(116)117)74(121)91-45(5)16-14-15-29-88)102-81(128)61(40-106)99-77(124)55(34-49-19-23-51(109)24-20-49)94-78(125)59(37-67(118)119)96-80(127)60(39-105)100-84(131)72(47(7)108)103-79(126)57(33-48-17-12-11-13-18-48)98-83(130)71(46(6)107)101-62(111)38-90-73(120)53(27-28-65(114)115)92-64(113)42-134-41-63(112)89-30-31-104-85(132)68-69(86(104)133)87(68,8)9/h11-13,17-26,43-47,53-61,68-72,105-110H,10,14-16,27-42,88H2,1-9H3,(H,89,112)(H,90,120)(H,91,121)(H,92,113)(H,93,123)(H,94,125)(H,95,122)(H,96,127)(H,97,129)(H,98,130)(H,99,124)(H,100,131)(H,101,111)(H,102,128)(H,103,126)(H,114,115)(H,116,117)(H,118,119)/t44-,45+,46+,47+,53-,54-,55-,56-,57-,58-,59-,60-,61-,68-,69+,70-,71-,72-/m0/s1. The number of aromatic hydroxyl groups is 2. The predicted octanol–water partition coefficient (Wildman–Crippen LogP) is -6.16. The zero-order chi connectivity index (χ0) is 100. The first kappa shape index (κ1) is 112. The van der Waals surface area contributed by atoms with Crippen molar-refractivity contribution in [2.45, 2.75) is 230 Å². The summed E-state index contributed by atoms with van der Waals surface area (Å²) in [4.78, 5) is 272. The van der Waals surface area contributed by atoms with E-state index in [-0.39, 0.29) is 72.9 Å². The van der Waals surface area contributed by atoms with Crippen molar-refractivity contribution in [1.82, 2.24) is 84.7 Å². The monoisotopic (exact) mass is 1900 g/mol. The summed E-state index contributed by atoms with van der Waals surface area (Å²) in [5.74, 6) is -25.2. The molecule has 46 nitrogen and oxygen atoms in total. The molecule has 1 heterocycles. The lowest BCUT2D eigenvalue weighted by atomic mass is 9.96. The second-order valence-electron chi connectivity index (χ2n) is 33.9. The number of piperidine rings is 1. The van der Waals surface area contributed by atoms with Crippen molar-refractivity contribution in [3.8, 4) is 11.5 Å². The second-order valence-corrected chi connectivity index (χ2v) is 34.9. The van der Waals surface area contributed by atoms with Crippen LogP contribution in [0.15, 0.2) is 78.9 Å². The molecule has 5 rings (SSSR count). The lowest BCUT2D eigenvalue weighted by Gasteiger charge is -2.30. The Morgan fingerprint density at radius 3 is 1.28 bits per heavy atom. The summed E-state index contributed by atoms with van der Waals surface area (Å²) < 4.78 is 0. The van der Waals surface area contributed by atoms with Gasteiger partial charge in [0.2, 0.25) is 100 Å². The van der Waals surface area contributed by atoms with E-state index in [1.165, 1.54) is 67.6 Å². The minimum absolute atomic E-state index is 0.0571. The van der Waals surface area contributed by atoms with Crippen LogP contribution in [0.1, 0.15) is 137 Å². The largest absolute Gasteiger partial charge is 0.508 e. The molecule has 3 aromatic carbocycles. The number of carboxylic acids is 3. The number of phenols is 2. The Labute approximate surface area is 776 Å². The molecule has 0 aromatic heterocycles. The average Bonchev–Trinajstić information content (AvgIpc) is 1.52. The van der Waals surface area contributed by atoms with Gasteiger partial charge in [-0.3, -0.25) is 101 Å². The molecule has 18 atom stereocenters. The minimum atomic E-state index is -2.23. The third-order valence-electron chi connectivity index (χ3n) is 22.1. The summed E-state index contributed by atoms with van der Waals surface area (Å²) in [5, 5.41) is 128. The second kappa shape index (κ2) is 54.2. The van der Waals surface area contributed by atoms with Crippen LogP contribution < -0.4 is 85.5 Å². The van der Waals surface area contributed by atoms with Gasteiger partial charge in [-0.2, -0.15) is 0 Å². The first-order chi connectivity index (χ1) is 63.1. The molecule has 26 N–H and O–H groups in total. The van der Waals surface area contributed by atoms with Crippen molar-refractivity contribution in [3.63, 3.8) is 0 Å². The summed E-state index contributed by atoms with van der Waals surface area (Å²) in [6.07, 6.45) is -6.46. The number of thioether (sulfide) groups is 1. The van der Waals surface area contributed by atoms with E-state index in [0.29, 0.717) is 36.9 Å². The van der Waals surface area contributed by atoms with Gasteiger partial charge < -0.3 is 131 Å². The first-order valence-corrected chi connectivity index (χ1v) is 44.7. The number of carboxylic acid groups (broad SMARTS) is 3. The van der Waals surface area contributed by atoms with E-state index in [4.69, 9.17) is 5.73 Å². The van der Waals surface area contributed by atoms with Gasteiger partial charge in [-0.1, -0.05) is 109 Å². The molecule has 738 valence electrons. The van der Waals surface area contributed by atoms with Crippen molar-refractivity contribution in [2.24, 2.45) is 34.8 Å². The highest BCUT2D eigenvalue weighted by Gasteiger charge is 2.72. The lowest BCUT2D eigenvalue weighted by Crippen LogP contribution is -2.63. The number of aliphatic hydroxyl groups excluding tert-OH is 4. The first-order valence-electron chi connectivity index (χ1n) is 43.6. The van der Waals surface area contributed by atoms with Gasteiger partial charge in [0.1, 0.15) is 84.0 Å². The number of hydrogen-bond acceptors (Lipinski definition) is 28. The lowest BCUT2D eigenvalue weighted by molar-refractivity contribution is -0.144. The van der Waals surface area contributed by atoms with Crippen LogP contribution in [0.3, 0.4) is 0 Å². The number of likely N-dealkylation sites (tertiary alicyclic amines) is 1. The number of carbonyl (C=O) groups excluding carboxylic acids is 17. The number of rotatable bonds is 59. The molecular weight excluding hydrogens is 1780 g/mol. The van der Waals surface area contributed by atoms with Crippen molar-refractivity contribution in [1.29, 1.82) is 0 Å². The van der Waals surface area contributed by atoms with E-state index in [9.17, 15) is 142 Å². The molecule has 0 radical (unpaired) electrons. The molecule has 0 unspecified atom stereocenters. The summed E-state index contributed by atoms with van der Waals surface area (Å²) >= 11 is 0.803. The van der Waals surface area contributed by atoms with Gasteiger partial charge in [0, 0.05) is 44.8 Å². The number of amides is 17. The van der Waals surface area contributed by atoms with E-state index in [1.54, 1.807) is 45.9 Å². The highest BCUT2D eigenvalue weighted by molar-refractivity contribution is 8.00. The molecule has 0 spiro atoms. The number of nitrogens with two attached hydrogens (primary N) is 1. The quantitative estimate of drug-likeness (QED) is 0.0185. The Hall–Kier alpha value is -13.0.